The van der Waals surface area contributed by atoms with Gasteiger partial charge in [0, 0.05) is 31.5 Å². The largest absolute Gasteiger partial charge is 0.478 e. The number of hydrogen-bond donors (Lipinski definition) is 1. The van der Waals surface area contributed by atoms with Crippen LogP contribution in [0.1, 0.15) is 93.4 Å². The molecule has 1 aliphatic rings. The molecular formula is C29H41NO6. The lowest BCUT2D eigenvalue weighted by molar-refractivity contribution is -0.113. The molecule has 1 fully saturated rings. The number of esters is 1. The van der Waals surface area contributed by atoms with Gasteiger partial charge in [-0.2, -0.15) is 0 Å². The van der Waals surface area contributed by atoms with Crippen LogP contribution in [0.15, 0.2) is 40.4 Å². The highest BCUT2D eigenvalue weighted by atomic mass is 16.5. The predicted molar refractivity (Wildman–Crippen MR) is 141 cm³/mol. The van der Waals surface area contributed by atoms with E-state index in [1.165, 1.54) is 18.2 Å². The Morgan fingerprint density at radius 2 is 1.83 bits per heavy atom. The van der Waals surface area contributed by atoms with Gasteiger partial charge in [0.2, 0.25) is 0 Å². The minimum atomic E-state index is -1.09. The molecule has 0 aliphatic carbocycles. The second-order valence-corrected chi connectivity index (χ2v) is 9.83. The fourth-order valence-corrected chi connectivity index (χ4v) is 4.90. The fraction of sp³-hybridized carbons (Fsp3) is 0.586. The molecule has 1 atom stereocenters. The number of carboxylic acid groups (broad SMARTS) is 1. The molecule has 0 aromatic heterocycles. The van der Waals surface area contributed by atoms with Gasteiger partial charge in [0.15, 0.2) is 5.78 Å². The van der Waals surface area contributed by atoms with Crippen molar-refractivity contribution in [2.45, 2.75) is 72.6 Å². The predicted octanol–water partition coefficient (Wildman–Crippen LogP) is 5.92. The number of carboxylic acids is 1. The number of allylic oxidation sites excluding steroid dienone is 2. The summed E-state index contributed by atoms with van der Waals surface area (Å²) < 4.78 is 11.1. The van der Waals surface area contributed by atoms with Gasteiger partial charge in [0.05, 0.1) is 17.7 Å². The normalized spacial score (nSPS) is 17.2. The maximum atomic E-state index is 12.8. The smallest absolute Gasteiger partial charge is 0.338 e. The Labute approximate surface area is 215 Å². The summed E-state index contributed by atoms with van der Waals surface area (Å²) in [5.41, 5.74) is 3.12. The topological polar surface area (TPSA) is 102 Å². The molecular weight excluding hydrogens is 458 g/mol. The second-order valence-electron chi connectivity index (χ2n) is 9.83. The van der Waals surface area contributed by atoms with Crippen molar-refractivity contribution in [3.05, 3.63) is 46.5 Å². The molecule has 1 aliphatic heterocycles. The molecule has 0 bridgehead atoms. The Bertz CT molecular complexity index is 987. The van der Waals surface area contributed by atoms with E-state index in [1.54, 1.807) is 20.0 Å². The lowest BCUT2D eigenvalue weighted by Crippen LogP contribution is -2.30. The first-order valence-electron chi connectivity index (χ1n) is 12.9. The van der Waals surface area contributed by atoms with Crippen molar-refractivity contribution in [3.8, 4) is 0 Å². The van der Waals surface area contributed by atoms with Crippen LogP contribution < -0.4 is 0 Å². The third-order valence-electron chi connectivity index (χ3n) is 7.27. The number of carbonyl (C=O) groups is 3. The van der Waals surface area contributed by atoms with E-state index in [0.29, 0.717) is 6.42 Å². The van der Waals surface area contributed by atoms with Crippen LogP contribution in [-0.2, 0) is 14.3 Å². The summed E-state index contributed by atoms with van der Waals surface area (Å²) in [7, 11) is 1.74. The van der Waals surface area contributed by atoms with Gasteiger partial charge in [-0.1, -0.05) is 32.4 Å². The number of carbonyl (C=O) groups excluding carboxylic acids is 2. The summed E-state index contributed by atoms with van der Waals surface area (Å²) in [4.78, 5) is 40.9. The van der Waals surface area contributed by atoms with E-state index in [4.69, 9.17) is 14.6 Å². The quantitative estimate of drug-likeness (QED) is 0.205. The maximum Gasteiger partial charge on any atom is 0.338 e. The first kappa shape index (κ1) is 29.4. The van der Waals surface area contributed by atoms with Gasteiger partial charge in [-0.25, -0.2) is 9.59 Å². The molecule has 0 saturated carbocycles. The molecule has 1 aromatic rings. The molecule has 198 valence electrons. The fourth-order valence-electron chi connectivity index (χ4n) is 4.90. The number of ketones is 1. The highest BCUT2D eigenvalue weighted by Gasteiger charge is 2.33. The molecule has 36 heavy (non-hydrogen) atoms. The van der Waals surface area contributed by atoms with Crippen LogP contribution in [0.3, 0.4) is 0 Å². The third kappa shape index (κ3) is 8.12. The Balaban J connectivity index is 2.16. The zero-order chi connectivity index (χ0) is 26.7. The number of nitrogens with zero attached hydrogens (tertiary/aromatic N) is 1. The molecule has 7 heteroatoms. The van der Waals surface area contributed by atoms with E-state index in [2.05, 4.69) is 11.9 Å². The van der Waals surface area contributed by atoms with Gasteiger partial charge in [-0.3, -0.25) is 9.79 Å². The molecule has 0 unspecified atom stereocenters. The molecule has 1 aromatic carbocycles. The van der Waals surface area contributed by atoms with E-state index in [1.807, 2.05) is 13.8 Å². The van der Waals surface area contributed by atoms with Gasteiger partial charge in [0.25, 0.3) is 0 Å². The Morgan fingerprint density at radius 3 is 2.39 bits per heavy atom. The summed E-state index contributed by atoms with van der Waals surface area (Å²) in [5, 5.41) is 9.15. The average Bonchev–Trinajstić information content (AvgIpc) is 2.88. The molecule has 0 amide bonds. The van der Waals surface area contributed by atoms with Crippen LogP contribution in [0.25, 0.3) is 0 Å². The first-order valence-corrected chi connectivity index (χ1v) is 12.9. The second kappa shape index (κ2) is 14.1. The van der Waals surface area contributed by atoms with Crippen molar-refractivity contribution in [3.63, 3.8) is 0 Å². The number of rotatable bonds is 13. The first-order chi connectivity index (χ1) is 17.2. The van der Waals surface area contributed by atoms with E-state index < -0.39 is 11.9 Å². The number of ether oxygens (including phenoxy) is 2. The molecule has 1 N–H and O–H groups in total. The lowest BCUT2D eigenvalue weighted by atomic mass is 9.71. The van der Waals surface area contributed by atoms with Crippen LogP contribution in [0.2, 0.25) is 0 Å². The number of Topliss-reactive ketones (excluding diaryl/α,β-unsaturated/α-hetero) is 1. The van der Waals surface area contributed by atoms with E-state index in [0.717, 1.165) is 68.6 Å². The monoisotopic (exact) mass is 499 g/mol. The Morgan fingerprint density at radius 1 is 1.17 bits per heavy atom. The van der Waals surface area contributed by atoms with Crippen LogP contribution in [0, 0.1) is 11.3 Å². The van der Waals surface area contributed by atoms with Crippen molar-refractivity contribution in [2.75, 3.05) is 26.9 Å². The lowest BCUT2D eigenvalue weighted by Gasteiger charge is -2.38. The highest BCUT2D eigenvalue weighted by molar-refractivity contribution is 6.22. The van der Waals surface area contributed by atoms with Gasteiger partial charge in [-0.15, -0.1) is 0 Å². The molecule has 0 spiro atoms. The zero-order valence-electron chi connectivity index (χ0n) is 22.4. The maximum absolute atomic E-state index is 12.8. The van der Waals surface area contributed by atoms with Crippen molar-refractivity contribution < 1.29 is 29.0 Å². The van der Waals surface area contributed by atoms with Crippen molar-refractivity contribution in [2.24, 2.45) is 16.3 Å². The minimum Gasteiger partial charge on any atom is -0.478 e. The van der Waals surface area contributed by atoms with Crippen molar-refractivity contribution >= 4 is 23.4 Å². The number of hydrogen-bond acceptors (Lipinski definition) is 6. The summed E-state index contributed by atoms with van der Waals surface area (Å²) in [6.45, 7) is 9.58. The van der Waals surface area contributed by atoms with Crippen LogP contribution in [-0.4, -0.2) is 55.4 Å². The molecule has 2 rings (SSSR count). The highest BCUT2D eigenvalue weighted by Crippen LogP contribution is 2.42. The summed E-state index contributed by atoms with van der Waals surface area (Å²) in [6.07, 6.45) is 6.00. The summed E-state index contributed by atoms with van der Waals surface area (Å²) in [6, 6.07) is 5.84. The number of benzene rings is 1. The molecule has 7 nitrogen and oxygen atoms in total. The van der Waals surface area contributed by atoms with Gasteiger partial charge in [0.1, 0.15) is 0 Å². The number of aliphatic imine (C=N–C) groups is 1. The molecule has 1 heterocycles. The molecule has 1 saturated heterocycles. The van der Waals surface area contributed by atoms with E-state index >= 15 is 0 Å². The van der Waals surface area contributed by atoms with Crippen molar-refractivity contribution in [1.29, 1.82) is 0 Å². The van der Waals surface area contributed by atoms with Crippen LogP contribution in [0.5, 0.6) is 0 Å². The van der Waals surface area contributed by atoms with Crippen molar-refractivity contribution in [1.82, 2.24) is 0 Å². The standard InChI is InChI=1S/C29H41NO6/c1-6-25(30-5)26(21(4)31)24(18-29(7-2)13-15-35-16-14-29)12-11-20(3)19-36-28(34)23-10-8-9-22(17-23)27(32)33/h8-10,17,20H,6-7,11-16,18-19H2,1-5H3,(H,32,33)/b26-24+,30-25-/t20-/m1/s1. The SMILES string of the molecule is CCC(=N/C)/C(C(C)=O)=C(\CC[C@@H](C)COC(=O)c1cccc(C(=O)O)c1)CC1(CC)CCOCC1. The summed E-state index contributed by atoms with van der Waals surface area (Å²) >= 11 is 0. The van der Waals surface area contributed by atoms with Crippen LogP contribution in [0.4, 0.5) is 0 Å². The molecule has 0 radical (unpaired) electrons. The van der Waals surface area contributed by atoms with Gasteiger partial charge < -0.3 is 14.6 Å². The summed E-state index contributed by atoms with van der Waals surface area (Å²) in [5.74, 6) is -1.52. The third-order valence-corrected chi connectivity index (χ3v) is 7.27. The van der Waals surface area contributed by atoms with Crippen LogP contribution >= 0.6 is 0 Å². The van der Waals surface area contributed by atoms with Gasteiger partial charge >= 0.3 is 11.9 Å². The van der Waals surface area contributed by atoms with Gasteiger partial charge in [-0.05, 0) is 81.4 Å². The Kier molecular flexibility index (Phi) is 11.5. The average molecular weight is 500 g/mol. The number of aromatic carboxylic acids is 1. The van der Waals surface area contributed by atoms with E-state index in [9.17, 15) is 14.4 Å². The zero-order valence-corrected chi connectivity index (χ0v) is 22.4. The Hall–Kier alpha value is -2.80. The minimum absolute atomic E-state index is 0.0446. The van der Waals surface area contributed by atoms with E-state index in [-0.39, 0.29) is 34.8 Å².